The summed E-state index contributed by atoms with van der Waals surface area (Å²) in [7, 11) is 2.15. The molecule has 2 aliphatic heterocycles. The van der Waals surface area contributed by atoms with Crippen molar-refractivity contribution in [2.45, 2.75) is 43.3 Å². The van der Waals surface area contributed by atoms with Crippen LogP contribution in [0.1, 0.15) is 25.7 Å². The molecule has 2 unspecified atom stereocenters. The van der Waals surface area contributed by atoms with E-state index in [4.69, 9.17) is 17.3 Å². The molecule has 20 heavy (non-hydrogen) atoms. The maximum Gasteiger partial charge on any atom is 0.243 e. The van der Waals surface area contributed by atoms with Gasteiger partial charge in [-0.2, -0.15) is 0 Å². The van der Waals surface area contributed by atoms with E-state index < -0.39 is 5.54 Å². The fourth-order valence-corrected chi connectivity index (χ4v) is 3.77. The molecule has 4 nitrogen and oxygen atoms in total. The third-order valence-corrected chi connectivity index (χ3v) is 5.10. The number of piperidine rings is 1. The van der Waals surface area contributed by atoms with Crippen molar-refractivity contribution >= 4 is 23.2 Å². The van der Waals surface area contributed by atoms with E-state index in [2.05, 4.69) is 17.3 Å². The lowest BCUT2D eigenvalue weighted by molar-refractivity contribution is -0.124. The van der Waals surface area contributed by atoms with Gasteiger partial charge >= 0.3 is 0 Å². The molecule has 2 atom stereocenters. The summed E-state index contributed by atoms with van der Waals surface area (Å²) in [5, 5.41) is 4.07. The highest BCUT2D eigenvalue weighted by Gasteiger charge is 2.50. The van der Waals surface area contributed by atoms with E-state index in [1.54, 1.807) is 0 Å². The van der Waals surface area contributed by atoms with Crippen LogP contribution < -0.4 is 11.1 Å². The highest BCUT2D eigenvalue weighted by atomic mass is 35.5. The summed E-state index contributed by atoms with van der Waals surface area (Å²) in [6.45, 7) is 0. The number of carbonyl (C=O) groups is 1. The highest BCUT2D eigenvalue weighted by Crippen LogP contribution is 2.41. The SMILES string of the molecule is CN1C2CCC1CC(Nc1ccc(Cl)cc1)(C(N)=O)C2. The molecule has 3 N–H and O–H groups in total. The Morgan fingerprint density at radius 2 is 1.85 bits per heavy atom. The second-order valence-corrected chi connectivity index (χ2v) is 6.47. The lowest BCUT2D eigenvalue weighted by Gasteiger charge is -2.44. The van der Waals surface area contributed by atoms with Gasteiger partial charge in [-0.15, -0.1) is 0 Å². The first kappa shape index (κ1) is 13.7. The number of amides is 1. The number of benzene rings is 1. The Balaban J connectivity index is 1.86. The molecule has 1 aromatic carbocycles. The summed E-state index contributed by atoms with van der Waals surface area (Å²) >= 11 is 5.90. The molecule has 0 radical (unpaired) electrons. The zero-order valence-electron chi connectivity index (χ0n) is 11.6. The third-order valence-electron chi connectivity index (χ3n) is 4.85. The number of primary amides is 1. The van der Waals surface area contributed by atoms with Crippen molar-refractivity contribution in [2.75, 3.05) is 12.4 Å². The minimum absolute atomic E-state index is 0.252. The smallest absolute Gasteiger partial charge is 0.243 e. The third kappa shape index (κ3) is 2.27. The molecular weight excluding hydrogens is 274 g/mol. The van der Waals surface area contributed by atoms with E-state index in [1.807, 2.05) is 24.3 Å². The standard InChI is InChI=1S/C15H20ClN3O/c1-19-12-6-7-13(19)9-15(8-12,14(17)20)18-11-4-2-10(16)3-5-11/h2-5,12-13,18H,6-9H2,1H3,(H2,17,20). The van der Waals surface area contributed by atoms with E-state index in [1.165, 1.54) is 0 Å². The molecule has 2 heterocycles. The van der Waals surface area contributed by atoms with Crippen LogP contribution in [-0.4, -0.2) is 35.5 Å². The van der Waals surface area contributed by atoms with Crippen molar-refractivity contribution in [3.63, 3.8) is 0 Å². The number of carbonyl (C=O) groups excluding carboxylic acids is 1. The Labute approximate surface area is 124 Å². The lowest BCUT2D eigenvalue weighted by atomic mass is 9.82. The minimum Gasteiger partial charge on any atom is -0.371 e. The minimum atomic E-state index is -0.633. The summed E-state index contributed by atoms with van der Waals surface area (Å²) in [5.74, 6) is -0.252. The van der Waals surface area contributed by atoms with Crippen molar-refractivity contribution < 1.29 is 4.79 Å². The summed E-state index contributed by atoms with van der Waals surface area (Å²) in [6.07, 6.45) is 3.85. The summed E-state index contributed by atoms with van der Waals surface area (Å²) in [4.78, 5) is 14.5. The summed E-state index contributed by atoms with van der Waals surface area (Å²) in [5.41, 5.74) is 6.00. The molecule has 1 amide bonds. The van der Waals surface area contributed by atoms with E-state index in [0.29, 0.717) is 17.1 Å². The molecule has 2 fully saturated rings. The van der Waals surface area contributed by atoms with Crippen LogP contribution in [0.15, 0.2) is 24.3 Å². The number of hydrogen-bond donors (Lipinski definition) is 2. The normalized spacial score (nSPS) is 33.1. The van der Waals surface area contributed by atoms with Crippen LogP contribution in [0.2, 0.25) is 5.02 Å². The number of halogens is 1. The molecule has 0 saturated carbocycles. The van der Waals surface area contributed by atoms with Gasteiger partial charge in [0.25, 0.3) is 0 Å². The van der Waals surface area contributed by atoms with Gasteiger partial charge in [-0.3, -0.25) is 4.79 Å². The molecule has 2 bridgehead atoms. The van der Waals surface area contributed by atoms with Gasteiger partial charge in [0.1, 0.15) is 5.54 Å². The maximum atomic E-state index is 12.1. The summed E-state index contributed by atoms with van der Waals surface area (Å²) < 4.78 is 0. The average molecular weight is 294 g/mol. The first-order chi connectivity index (χ1) is 9.50. The van der Waals surface area contributed by atoms with Crippen LogP contribution in [0.3, 0.4) is 0 Å². The molecule has 0 aliphatic carbocycles. The van der Waals surface area contributed by atoms with Crippen molar-refractivity contribution in [3.05, 3.63) is 29.3 Å². The molecule has 2 aliphatic rings. The second kappa shape index (κ2) is 4.93. The Hall–Kier alpha value is -1.26. The van der Waals surface area contributed by atoms with Gasteiger partial charge in [0, 0.05) is 22.8 Å². The summed E-state index contributed by atoms with van der Waals surface area (Å²) in [6, 6.07) is 8.33. The van der Waals surface area contributed by atoms with Crippen LogP contribution >= 0.6 is 11.6 Å². The number of anilines is 1. The molecule has 5 heteroatoms. The largest absolute Gasteiger partial charge is 0.371 e. The maximum absolute atomic E-state index is 12.1. The van der Waals surface area contributed by atoms with Gasteiger partial charge in [0.2, 0.25) is 5.91 Å². The highest BCUT2D eigenvalue weighted by molar-refractivity contribution is 6.30. The molecule has 2 saturated heterocycles. The van der Waals surface area contributed by atoms with Gasteiger partial charge in [-0.1, -0.05) is 11.6 Å². The zero-order valence-corrected chi connectivity index (χ0v) is 12.4. The van der Waals surface area contributed by atoms with Crippen LogP contribution in [0.4, 0.5) is 5.69 Å². The van der Waals surface area contributed by atoms with Crippen LogP contribution in [0.25, 0.3) is 0 Å². The van der Waals surface area contributed by atoms with E-state index >= 15 is 0 Å². The van der Waals surface area contributed by atoms with Crippen molar-refractivity contribution in [1.29, 1.82) is 0 Å². The van der Waals surface area contributed by atoms with Gasteiger partial charge in [-0.05, 0) is 57.0 Å². The van der Waals surface area contributed by atoms with Crippen LogP contribution in [-0.2, 0) is 4.79 Å². The van der Waals surface area contributed by atoms with E-state index in [0.717, 1.165) is 31.4 Å². The van der Waals surface area contributed by atoms with Gasteiger partial charge in [-0.25, -0.2) is 0 Å². The fraction of sp³-hybridized carbons (Fsp3) is 0.533. The quantitative estimate of drug-likeness (QED) is 0.898. The van der Waals surface area contributed by atoms with Gasteiger partial charge in [0.05, 0.1) is 0 Å². The molecule has 108 valence electrons. The Morgan fingerprint density at radius 3 is 2.35 bits per heavy atom. The van der Waals surface area contributed by atoms with E-state index in [9.17, 15) is 4.79 Å². The molecule has 0 aromatic heterocycles. The first-order valence-electron chi connectivity index (χ1n) is 7.06. The fourth-order valence-electron chi connectivity index (χ4n) is 3.64. The Kier molecular flexibility index (Phi) is 3.38. The van der Waals surface area contributed by atoms with Crippen LogP contribution in [0.5, 0.6) is 0 Å². The van der Waals surface area contributed by atoms with Crippen molar-refractivity contribution in [2.24, 2.45) is 5.73 Å². The molecule has 3 rings (SSSR count). The number of fused-ring (bicyclic) bond motifs is 2. The molecule has 0 spiro atoms. The lowest BCUT2D eigenvalue weighted by Crippen LogP contribution is -2.59. The Morgan fingerprint density at radius 1 is 1.30 bits per heavy atom. The first-order valence-corrected chi connectivity index (χ1v) is 7.43. The predicted octanol–water partition coefficient (Wildman–Crippen LogP) is 2.23. The van der Waals surface area contributed by atoms with Crippen molar-refractivity contribution in [1.82, 2.24) is 4.90 Å². The number of hydrogen-bond acceptors (Lipinski definition) is 3. The number of nitrogens with two attached hydrogens (primary N) is 1. The average Bonchev–Trinajstić information content (AvgIpc) is 2.64. The number of nitrogens with one attached hydrogen (secondary N) is 1. The number of rotatable bonds is 3. The topological polar surface area (TPSA) is 58.4 Å². The Bertz CT molecular complexity index is 502. The zero-order chi connectivity index (χ0) is 14.3. The van der Waals surface area contributed by atoms with Gasteiger partial charge < -0.3 is 16.0 Å². The second-order valence-electron chi connectivity index (χ2n) is 6.04. The molecule has 1 aromatic rings. The van der Waals surface area contributed by atoms with Crippen molar-refractivity contribution in [3.8, 4) is 0 Å². The van der Waals surface area contributed by atoms with E-state index in [-0.39, 0.29) is 5.91 Å². The van der Waals surface area contributed by atoms with Crippen LogP contribution in [0, 0.1) is 0 Å². The number of nitrogens with zero attached hydrogens (tertiary/aromatic N) is 1. The monoisotopic (exact) mass is 293 g/mol. The van der Waals surface area contributed by atoms with Gasteiger partial charge in [0.15, 0.2) is 0 Å². The predicted molar refractivity (Wildman–Crippen MR) is 80.8 cm³/mol. The molecular formula is C15H20ClN3O.